The molecule has 1 heterocycles. The number of benzene rings is 2. The third-order valence-corrected chi connectivity index (χ3v) is 5.60. The predicted molar refractivity (Wildman–Crippen MR) is 97.0 cm³/mol. The number of thioether (sulfide) groups is 1. The zero-order chi connectivity index (χ0) is 18.0. The van der Waals surface area contributed by atoms with Gasteiger partial charge in [0.05, 0.1) is 5.69 Å². The number of carbonyl (C=O) groups excluding carboxylic acids is 2. The first-order valence-corrected chi connectivity index (χ1v) is 8.90. The average molecular weight is 358 g/mol. The maximum atomic E-state index is 13.7. The minimum atomic E-state index is -1.28. The Balaban J connectivity index is 1.84. The number of fused-ring (bicyclic) bond motifs is 1. The number of rotatable bonds is 4. The van der Waals surface area contributed by atoms with Crippen LogP contribution in [-0.4, -0.2) is 23.1 Å². The van der Waals surface area contributed by atoms with Crippen LogP contribution in [0.25, 0.3) is 0 Å². The van der Waals surface area contributed by atoms with Gasteiger partial charge in [0.2, 0.25) is 5.91 Å². The second kappa shape index (κ2) is 6.88. The first-order valence-electron chi connectivity index (χ1n) is 8.09. The molecule has 1 unspecified atom stereocenters. The lowest BCUT2D eigenvalue weighted by molar-refractivity contribution is -0.131. The predicted octanol–water partition coefficient (Wildman–Crippen LogP) is 3.36. The number of nitrogens with one attached hydrogen (secondary N) is 1. The number of hydrogen-bond acceptors (Lipinski definition) is 3. The van der Waals surface area contributed by atoms with Crippen LogP contribution in [-0.2, 0) is 16.1 Å². The van der Waals surface area contributed by atoms with Crippen molar-refractivity contribution in [2.75, 3.05) is 11.4 Å². The summed E-state index contributed by atoms with van der Waals surface area (Å²) >= 11 is 1.24. The summed E-state index contributed by atoms with van der Waals surface area (Å²) < 4.78 is 12.5. The minimum Gasteiger partial charge on any atom is -0.350 e. The normalized spacial score (nSPS) is 19.5. The molecular weight excluding hydrogens is 339 g/mol. The van der Waals surface area contributed by atoms with Gasteiger partial charge >= 0.3 is 0 Å². The summed E-state index contributed by atoms with van der Waals surface area (Å²) in [6.07, 6.45) is 0. The van der Waals surface area contributed by atoms with E-state index in [-0.39, 0.29) is 18.3 Å². The van der Waals surface area contributed by atoms with Crippen molar-refractivity contribution in [2.24, 2.45) is 0 Å². The molecule has 6 heteroatoms. The molecule has 3 rings (SSSR count). The van der Waals surface area contributed by atoms with Gasteiger partial charge in [-0.1, -0.05) is 42.1 Å². The lowest BCUT2D eigenvalue weighted by Gasteiger charge is -2.38. The molecule has 0 fully saturated rings. The zero-order valence-corrected chi connectivity index (χ0v) is 14.9. The Morgan fingerprint density at radius 1 is 1.20 bits per heavy atom. The van der Waals surface area contributed by atoms with E-state index in [0.717, 1.165) is 10.6 Å². The van der Waals surface area contributed by atoms with Crippen molar-refractivity contribution < 1.29 is 14.0 Å². The molecular formula is C19H19FN2O2S. The number of para-hydroxylation sites is 1. The van der Waals surface area contributed by atoms with Crippen molar-refractivity contribution >= 4 is 29.3 Å². The van der Waals surface area contributed by atoms with Gasteiger partial charge in [-0.3, -0.25) is 9.59 Å². The molecule has 1 aliphatic rings. The van der Waals surface area contributed by atoms with Gasteiger partial charge in [0.25, 0.3) is 5.91 Å². The van der Waals surface area contributed by atoms with Crippen LogP contribution in [0.1, 0.15) is 19.4 Å². The third kappa shape index (κ3) is 3.14. The highest BCUT2D eigenvalue weighted by Crippen LogP contribution is 2.45. The first kappa shape index (κ1) is 17.5. The van der Waals surface area contributed by atoms with Gasteiger partial charge in [0.1, 0.15) is 5.82 Å². The molecule has 4 nitrogen and oxygen atoms in total. The number of anilines is 1. The largest absolute Gasteiger partial charge is 0.350 e. The van der Waals surface area contributed by atoms with Crippen LogP contribution >= 0.6 is 11.8 Å². The molecule has 2 aromatic carbocycles. The maximum absolute atomic E-state index is 13.7. The number of nitrogens with zero attached hydrogens (tertiary/aromatic N) is 1. The Bertz CT molecular complexity index is 827. The van der Waals surface area contributed by atoms with Crippen molar-refractivity contribution in [1.29, 1.82) is 0 Å². The standard InChI is InChI=1S/C19H19FN2O2S/c1-3-22-15-10-6-7-11-16(15)25-19(2,18(22)24)17(23)21-12-13-8-4-5-9-14(13)20/h4-11H,3,12H2,1-2H3,(H,21,23). The van der Waals surface area contributed by atoms with E-state index in [4.69, 9.17) is 0 Å². The Morgan fingerprint density at radius 2 is 1.88 bits per heavy atom. The summed E-state index contributed by atoms with van der Waals surface area (Å²) in [7, 11) is 0. The Hall–Kier alpha value is -2.34. The van der Waals surface area contributed by atoms with Crippen molar-refractivity contribution in [3.8, 4) is 0 Å². The zero-order valence-electron chi connectivity index (χ0n) is 14.1. The molecule has 0 radical (unpaired) electrons. The Kier molecular flexibility index (Phi) is 4.81. The molecule has 0 saturated carbocycles. The second-order valence-electron chi connectivity index (χ2n) is 5.93. The summed E-state index contributed by atoms with van der Waals surface area (Å²) in [4.78, 5) is 28.2. The van der Waals surface area contributed by atoms with Crippen LogP contribution in [0.3, 0.4) is 0 Å². The average Bonchev–Trinajstić information content (AvgIpc) is 2.62. The topological polar surface area (TPSA) is 49.4 Å². The Morgan fingerprint density at radius 3 is 2.60 bits per heavy atom. The summed E-state index contributed by atoms with van der Waals surface area (Å²) in [5.41, 5.74) is 1.21. The summed E-state index contributed by atoms with van der Waals surface area (Å²) in [6.45, 7) is 4.02. The summed E-state index contributed by atoms with van der Waals surface area (Å²) in [6, 6.07) is 13.8. The minimum absolute atomic E-state index is 0.0444. The van der Waals surface area contributed by atoms with E-state index in [9.17, 15) is 14.0 Å². The highest BCUT2D eigenvalue weighted by atomic mass is 32.2. The molecule has 0 aliphatic carbocycles. The van der Waals surface area contributed by atoms with Gasteiger partial charge in [0, 0.05) is 23.5 Å². The molecule has 1 atom stereocenters. The fraction of sp³-hybridized carbons (Fsp3) is 0.263. The van der Waals surface area contributed by atoms with Crippen LogP contribution in [0, 0.1) is 5.82 Å². The number of carbonyl (C=O) groups is 2. The fourth-order valence-corrected chi connectivity index (χ4v) is 4.07. The van der Waals surface area contributed by atoms with Gasteiger partial charge in [-0.2, -0.15) is 0 Å². The van der Waals surface area contributed by atoms with E-state index in [1.54, 1.807) is 30.0 Å². The molecule has 130 valence electrons. The monoisotopic (exact) mass is 358 g/mol. The SMILES string of the molecule is CCN1C(=O)C(C)(C(=O)NCc2ccccc2F)Sc2ccccc21. The summed E-state index contributed by atoms with van der Waals surface area (Å²) in [5.74, 6) is -1.06. The van der Waals surface area contributed by atoms with Gasteiger partial charge in [-0.15, -0.1) is 0 Å². The van der Waals surface area contributed by atoms with E-state index in [2.05, 4.69) is 5.32 Å². The van der Waals surface area contributed by atoms with E-state index in [1.807, 2.05) is 31.2 Å². The third-order valence-electron chi connectivity index (χ3n) is 4.27. The van der Waals surface area contributed by atoms with Gasteiger partial charge in [-0.05, 0) is 32.0 Å². The lowest BCUT2D eigenvalue weighted by atomic mass is 10.1. The highest BCUT2D eigenvalue weighted by Gasteiger charge is 2.48. The second-order valence-corrected chi connectivity index (χ2v) is 7.39. The van der Waals surface area contributed by atoms with Crippen LogP contribution in [0.5, 0.6) is 0 Å². The molecule has 0 bridgehead atoms. The van der Waals surface area contributed by atoms with E-state index < -0.39 is 10.7 Å². The van der Waals surface area contributed by atoms with Gasteiger partial charge in [-0.25, -0.2) is 4.39 Å². The quantitative estimate of drug-likeness (QED) is 0.853. The summed E-state index contributed by atoms with van der Waals surface area (Å²) in [5, 5.41) is 2.71. The molecule has 2 amide bonds. The smallest absolute Gasteiger partial charge is 0.252 e. The van der Waals surface area contributed by atoms with Crippen molar-refractivity contribution in [3.05, 3.63) is 59.9 Å². The number of amides is 2. The number of hydrogen-bond donors (Lipinski definition) is 1. The van der Waals surface area contributed by atoms with E-state index in [1.165, 1.54) is 17.8 Å². The number of halogens is 1. The maximum Gasteiger partial charge on any atom is 0.252 e. The van der Waals surface area contributed by atoms with Crippen molar-refractivity contribution in [3.63, 3.8) is 0 Å². The van der Waals surface area contributed by atoms with Crippen molar-refractivity contribution in [2.45, 2.75) is 30.0 Å². The first-order chi connectivity index (χ1) is 12.0. The Labute approximate surface area is 150 Å². The molecule has 1 N–H and O–H groups in total. The highest BCUT2D eigenvalue weighted by molar-refractivity contribution is 8.02. The molecule has 0 aromatic heterocycles. The molecule has 0 spiro atoms. The van der Waals surface area contributed by atoms with E-state index in [0.29, 0.717) is 12.1 Å². The van der Waals surface area contributed by atoms with E-state index >= 15 is 0 Å². The molecule has 0 saturated heterocycles. The van der Waals surface area contributed by atoms with Crippen LogP contribution in [0.4, 0.5) is 10.1 Å². The molecule has 25 heavy (non-hydrogen) atoms. The molecule has 1 aliphatic heterocycles. The van der Waals surface area contributed by atoms with Crippen molar-refractivity contribution in [1.82, 2.24) is 5.32 Å². The van der Waals surface area contributed by atoms with Gasteiger partial charge in [0.15, 0.2) is 4.75 Å². The van der Waals surface area contributed by atoms with Crippen LogP contribution in [0.2, 0.25) is 0 Å². The fourth-order valence-electron chi connectivity index (χ4n) is 2.84. The van der Waals surface area contributed by atoms with Crippen LogP contribution in [0.15, 0.2) is 53.4 Å². The lowest BCUT2D eigenvalue weighted by Crippen LogP contribution is -2.56. The van der Waals surface area contributed by atoms with Gasteiger partial charge < -0.3 is 10.2 Å². The molecule has 2 aromatic rings. The van der Waals surface area contributed by atoms with Crippen LogP contribution < -0.4 is 10.2 Å².